The lowest BCUT2D eigenvalue weighted by molar-refractivity contribution is -0.129. The number of benzene rings is 2. The van der Waals surface area contributed by atoms with Crippen LogP contribution in [0.2, 0.25) is 0 Å². The summed E-state index contributed by atoms with van der Waals surface area (Å²) in [7, 11) is 0. The number of nitrogens with zero attached hydrogens (tertiary/aromatic N) is 2. The van der Waals surface area contributed by atoms with Gasteiger partial charge >= 0.3 is 0 Å². The summed E-state index contributed by atoms with van der Waals surface area (Å²) in [5.74, 6) is -0.128. The molecule has 0 aromatic heterocycles. The zero-order valence-corrected chi connectivity index (χ0v) is 13.8. The fourth-order valence-corrected chi connectivity index (χ4v) is 3.09. The van der Waals surface area contributed by atoms with Crippen LogP contribution in [-0.2, 0) is 10.3 Å². The summed E-state index contributed by atoms with van der Waals surface area (Å²) in [6.45, 7) is 1.81. The number of nitrogens with two attached hydrogens (primary N) is 1. The van der Waals surface area contributed by atoms with Gasteiger partial charge in [0.25, 0.3) is 5.91 Å². The van der Waals surface area contributed by atoms with Gasteiger partial charge in [-0.15, -0.1) is 0 Å². The zero-order chi connectivity index (χ0) is 16.4. The standard InChI is InChI=1S/C17H18N4OS/c1-17(12-7-6-8-13(18)11-12)15(22)21(16(19-17)23-2)20-14-9-4-3-5-10-14/h3-11,20H,18H2,1-2H3/t17-/m1/s1. The van der Waals surface area contributed by atoms with Gasteiger partial charge in [-0.25, -0.2) is 4.99 Å². The third-order valence-corrected chi connectivity index (χ3v) is 4.42. The average Bonchev–Trinajstić information content (AvgIpc) is 2.81. The van der Waals surface area contributed by atoms with E-state index in [1.165, 1.54) is 16.8 Å². The van der Waals surface area contributed by atoms with Crippen molar-refractivity contribution in [2.24, 2.45) is 4.99 Å². The first-order valence-corrected chi connectivity index (χ1v) is 8.43. The number of nitrogens with one attached hydrogen (secondary N) is 1. The van der Waals surface area contributed by atoms with Crippen LogP contribution in [0.5, 0.6) is 0 Å². The van der Waals surface area contributed by atoms with Crippen LogP contribution in [0.25, 0.3) is 0 Å². The molecule has 2 aromatic carbocycles. The van der Waals surface area contributed by atoms with Gasteiger partial charge in [-0.2, -0.15) is 5.01 Å². The molecule has 3 rings (SSSR count). The SMILES string of the molecule is CSC1=N[C@](C)(c2cccc(N)c2)C(=O)N1Nc1ccccc1. The summed E-state index contributed by atoms with van der Waals surface area (Å²) in [5, 5.41) is 2.13. The Morgan fingerprint density at radius 3 is 2.57 bits per heavy atom. The van der Waals surface area contributed by atoms with E-state index in [9.17, 15) is 4.79 Å². The molecule has 0 unspecified atom stereocenters. The summed E-state index contributed by atoms with van der Waals surface area (Å²) in [5.41, 5.74) is 10.3. The summed E-state index contributed by atoms with van der Waals surface area (Å²) in [6.07, 6.45) is 1.90. The van der Waals surface area contributed by atoms with Crippen LogP contribution in [0.15, 0.2) is 59.6 Å². The molecule has 1 amide bonds. The van der Waals surface area contributed by atoms with E-state index in [1.54, 1.807) is 12.1 Å². The number of para-hydroxylation sites is 1. The van der Waals surface area contributed by atoms with Gasteiger partial charge in [-0.3, -0.25) is 10.2 Å². The predicted molar refractivity (Wildman–Crippen MR) is 96.1 cm³/mol. The van der Waals surface area contributed by atoms with Crippen molar-refractivity contribution in [1.29, 1.82) is 0 Å². The molecule has 0 radical (unpaired) electrons. The Labute approximate surface area is 139 Å². The van der Waals surface area contributed by atoms with Crippen LogP contribution in [0.3, 0.4) is 0 Å². The molecule has 1 heterocycles. The Kier molecular flexibility index (Phi) is 4.00. The van der Waals surface area contributed by atoms with Crippen LogP contribution in [0, 0.1) is 0 Å². The second-order valence-electron chi connectivity index (χ2n) is 5.41. The maximum absolute atomic E-state index is 13.0. The van der Waals surface area contributed by atoms with E-state index in [4.69, 9.17) is 5.73 Å². The highest BCUT2D eigenvalue weighted by molar-refractivity contribution is 8.13. The molecular weight excluding hydrogens is 308 g/mol. The molecule has 118 valence electrons. The van der Waals surface area contributed by atoms with E-state index in [0.717, 1.165) is 11.3 Å². The Hall–Kier alpha value is -2.47. The minimum atomic E-state index is -0.977. The molecule has 0 saturated heterocycles. The van der Waals surface area contributed by atoms with Gasteiger partial charge in [0, 0.05) is 5.69 Å². The fraction of sp³-hybridized carbons (Fsp3) is 0.176. The number of aliphatic imine (C=N–C) groups is 1. The Morgan fingerprint density at radius 1 is 1.17 bits per heavy atom. The van der Waals surface area contributed by atoms with Crippen LogP contribution in [0.1, 0.15) is 12.5 Å². The lowest BCUT2D eigenvalue weighted by atomic mass is 9.92. The fourth-order valence-electron chi connectivity index (χ4n) is 2.50. The van der Waals surface area contributed by atoms with E-state index in [0.29, 0.717) is 10.9 Å². The van der Waals surface area contributed by atoms with Gasteiger partial charge in [-0.05, 0) is 43.0 Å². The number of carbonyl (C=O) groups excluding carboxylic acids is 1. The summed E-state index contributed by atoms with van der Waals surface area (Å²) in [4.78, 5) is 17.7. The number of amides is 1. The minimum Gasteiger partial charge on any atom is -0.399 e. The number of carbonyl (C=O) groups is 1. The van der Waals surface area contributed by atoms with Crippen LogP contribution < -0.4 is 11.2 Å². The van der Waals surface area contributed by atoms with Crippen molar-refractivity contribution in [1.82, 2.24) is 5.01 Å². The Bertz CT molecular complexity index is 762. The maximum Gasteiger partial charge on any atom is 0.279 e. The predicted octanol–water partition coefficient (Wildman–Crippen LogP) is 3.07. The smallest absolute Gasteiger partial charge is 0.279 e. The molecule has 3 N–H and O–H groups in total. The highest BCUT2D eigenvalue weighted by Crippen LogP contribution is 2.36. The van der Waals surface area contributed by atoms with Gasteiger partial charge in [0.05, 0.1) is 5.69 Å². The van der Waals surface area contributed by atoms with E-state index in [2.05, 4.69) is 10.4 Å². The molecule has 5 nitrogen and oxygen atoms in total. The molecule has 2 aromatic rings. The van der Waals surface area contributed by atoms with Crippen LogP contribution in [-0.4, -0.2) is 22.3 Å². The van der Waals surface area contributed by atoms with Gasteiger partial charge in [0.1, 0.15) is 0 Å². The number of hydrogen-bond donors (Lipinski definition) is 2. The number of rotatable bonds is 3. The maximum atomic E-state index is 13.0. The number of thioether (sulfide) groups is 1. The Balaban J connectivity index is 1.96. The van der Waals surface area contributed by atoms with Crippen molar-refractivity contribution < 1.29 is 4.79 Å². The number of hydrogen-bond acceptors (Lipinski definition) is 5. The first kappa shape index (κ1) is 15.4. The molecule has 0 fully saturated rings. The lowest BCUT2D eigenvalue weighted by Gasteiger charge is -2.24. The second kappa shape index (κ2) is 5.96. The van der Waals surface area contributed by atoms with E-state index in [-0.39, 0.29) is 5.91 Å². The molecule has 6 heteroatoms. The highest BCUT2D eigenvalue weighted by atomic mass is 32.2. The molecule has 1 aliphatic heterocycles. The van der Waals surface area contributed by atoms with Crippen LogP contribution in [0.4, 0.5) is 11.4 Å². The highest BCUT2D eigenvalue weighted by Gasteiger charge is 2.46. The topological polar surface area (TPSA) is 70.7 Å². The number of hydrazine groups is 1. The zero-order valence-electron chi connectivity index (χ0n) is 13.0. The first-order valence-electron chi connectivity index (χ1n) is 7.21. The largest absolute Gasteiger partial charge is 0.399 e. The summed E-state index contributed by atoms with van der Waals surface area (Å²) in [6, 6.07) is 16.9. The van der Waals surface area contributed by atoms with Gasteiger partial charge in [0.15, 0.2) is 10.7 Å². The van der Waals surface area contributed by atoms with Crippen molar-refractivity contribution in [3.63, 3.8) is 0 Å². The van der Waals surface area contributed by atoms with E-state index < -0.39 is 5.54 Å². The quantitative estimate of drug-likeness (QED) is 0.851. The first-order chi connectivity index (χ1) is 11.0. The van der Waals surface area contributed by atoms with E-state index >= 15 is 0 Å². The molecule has 0 aliphatic carbocycles. The monoisotopic (exact) mass is 326 g/mol. The van der Waals surface area contributed by atoms with Gasteiger partial charge in [0.2, 0.25) is 0 Å². The summed E-state index contributed by atoms with van der Waals surface area (Å²) >= 11 is 1.43. The van der Waals surface area contributed by atoms with Crippen molar-refractivity contribution >= 4 is 34.2 Å². The third-order valence-electron chi connectivity index (χ3n) is 3.78. The molecule has 0 saturated carbocycles. The van der Waals surface area contributed by atoms with Gasteiger partial charge in [-0.1, -0.05) is 42.1 Å². The van der Waals surface area contributed by atoms with Gasteiger partial charge < -0.3 is 5.73 Å². The van der Waals surface area contributed by atoms with Crippen molar-refractivity contribution in [3.8, 4) is 0 Å². The molecule has 23 heavy (non-hydrogen) atoms. The molecule has 1 atom stereocenters. The number of nitrogen functional groups attached to an aromatic ring is 1. The molecule has 0 spiro atoms. The van der Waals surface area contributed by atoms with Crippen molar-refractivity contribution in [3.05, 3.63) is 60.2 Å². The number of anilines is 2. The van der Waals surface area contributed by atoms with Crippen molar-refractivity contribution in [2.45, 2.75) is 12.5 Å². The third kappa shape index (κ3) is 2.77. The normalized spacial score (nSPS) is 20.5. The average molecular weight is 326 g/mol. The molecular formula is C17H18N4OS. The molecule has 1 aliphatic rings. The van der Waals surface area contributed by atoms with Crippen molar-refractivity contribution in [2.75, 3.05) is 17.4 Å². The lowest BCUT2D eigenvalue weighted by Crippen LogP contribution is -2.42. The molecule has 0 bridgehead atoms. The second-order valence-corrected chi connectivity index (χ2v) is 6.19. The minimum absolute atomic E-state index is 0.128. The summed E-state index contributed by atoms with van der Waals surface area (Å²) < 4.78 is 0. The number of amidine groups is 1. The Morgan fingerprint density at radius 2 is 1.91 bits per heavy atom. The van der Waals surface area contributed by atoms with Crippen LogP contribution >= 0.6 is 11.8 Å². The van der Waals surface area contributed by atoms with E-state index in [1.807, 2.05) is 55.6 Å².